The molecule has 5 heteroatoms. The minimum absolute atomic E-state index is 0.0646. The van der Waals surface area contributed by atoms with E-state index in [4.69, 9.17) is 0 Å². The van der Waals surface area contributed by atoms with E-state index in [2.05, 4.69) is 5.32 Å². The van der Waals surface area contributed by atoms with Gasteiger partial charge in [0, 0.05) is 25.6 Å². The molecule has 2 fully saturated rings. The fourth-order valence-corrected chi connectivity index (χ4v) is 4.46. The van der Waals surface area contributed by atoms with E-state index in [0.29, 0.717) is 25.9 Å². The summed E-state index contributed by atoms with van der Waals surface area (Å²) >= 11 is 0. The Bertz CT molecular complexity index is 940. The van der Waals surface area contributed by atoms with Gasteiger partial charge in [-0.05, 0) is 60.9 Å². The molecule has 2 aliphatic rings. The fraction of sp³-hybridized carbons (Fsp3) is 0.440. The maximum atomic E-state index is 13.7. The van der Waals surface area contributed by atoms with E-state index >= 15 is 0 Å². The van der Waals surface area contributed by atoms with Crippen LogP contribution in [0.2, 0.25) is 0 Å². The average Bonchev–Trinajstić information content (AvgIpc) is 3.57. The van der Waals surface area contributed by atoms with Crippen molar-refractivity contribution in [2.75, 3.05) is 13.1 Å². The SMILES string of the molecule is CCC(=O)N1CCC[C@](Cc2cccc(-c3cccc(F)c3)c2)(C(=O)NC2CC2)C1. The first kappa shape index (κ1) is 20.6. The molecular weight excluding hydrogens is 379 g/mol. The Morgan fingerprint density at radius 1 is 1.13 bits per heavy atom. The minimum Gasteiger partial charge on any atom is -0.353 e. The Morgan fingerprint density at radius 3 is 2.57 bits per heavy atom. The minimum atomic E-state index is -0.619. The second kappa shape index (κ2) is 8.58. The predicted octanol–water partition coefficient (Wildman–Crippen LogP) is 4.33. The molecule has 158 valence electrons. The largest absolute Gasteiger partial charge is 0.353 e. The lowest BCUT2D eigenvalue weighted by Gasteiger charge is -2.42. The number of likely N-dealkylation sites (tertiary alicyclic amines) is 1. The number of nitrogens with zero attached hydrogens (tertiary/aromatic N) is 1. The van der Waals surface area contributed by atoms with Crippen LogP contribution >= 0.6 is 0 Å². The molecule has 1 saturated carbocycles. The second-order valence-corrected chi connectivity index (χ2v) is 8.69. The van der Waals surface area contributed by atoms with Gasteiger partial charge in [0.05, 0.1) is 5.41 Å². The van der Waals surface area contributed by atoms with E-state index in [1.165, 1.54) is 12.1 Å². The predicted molar refractivity (Wildman–Crippen MR) is 115 cm³/mol. The van der Waals surface area contributed by atoms with Gasteiger partial charge in [-0.1, -0.05) is 43.3 Å². The molecule has 4 rings (SSSR count). The zero-order chi connectivity index (χ0) is 21.1. The summed E-state index contributed by atoms with van der Waals surface area (Å²) in [5.41, 5.74) is 2.17. The highest BCUT2D eigenvalue weighted by Crippen LogP contribution is 2.36. The number of hydrogen-bond donors (Lipinski definition) is 1. The van der Waals surface area contributed by atoms with Gasteiger partial charge in [-0.3, -0.25) is 9.59 Å². The molecular formula is C25H29FN2O2. The molecule has 4 nitrogen and oxygen atoms in total. The lowest BCUT2D eigenvalue weighted by molar-refractivity contribution is -0.141. The first-order chi connectivity index (χ1) is 14.5. The first-order valence-electron chi connectivity index (χ1n) is 10.9. The molecule has 1 heterocycles. The summed E-state index contributed by atoms with van der Waals surface area (Å²) in [6.07, 6.45) is 4.69. The summed E-state index contributed by atoms with van der Waals surface area (Å²) in [7, 11) is 0. The van der Waals surface area contributed by atoms with Crippen molar-refractivity contribution in [2.24, 2.45) is 5.41 Å². The van der Waals surface area contributed by atoms with Crippen LogP contribution in [-0.4, -0.2) is 35.8 Å². The third kappa shape index (κ3) is 4.55. The third-order valence-corrected chi connectivity index (χ3v) is 6.25. The molecule has 2 aromatic carbocycles. The van der Waals surface area contributed by atoms with Crippen molar-refractivity contribution in [2.45, 2.75) is 51.5 Å². The molecule has 0 radical (unpaired) electrons. The number of carbonyl (C=O) groups excluding carboxylic acids is 2. The highest BCUT2D eigenvalue weighted by molar-refractivity contribution is 5.85. The van der Waals surface area contributed by atoms with Gasteiger partial charge >= 0.3 is 0 Å². The molecule has 1 aliphatic heterocycles. The third-order valence-electron chi connectivity index (χ3n) is 6.25. The number of piperidine rings is 1. The molecule has 0 bridgehead atoms. The molecule has 1 aliphatic carbocycles. The van der Waals surface area contributed by atoms with Gasteiger partial charge < -0.3 is 10.2 Å². The summed E-state index contributed by atoms with van der Waals surface area (Å²) < 4.78 is 13.7. The van der Waals surface area contributed by atoms with E-state index < -0.39 is 5.41 Å². The van der Waals surface area contributed by atoms with Crippen molar-refractivity contribution in [3.63, 3.8) is 0 Å². The summed E-state index contributed by atoms with van der Waals surface area (Å²) in [5, 5.41) is 3.19. The van der Waals surface area contributed by atoms with E-state index in [1.54, 1.807) is 6.07 Å². The molecule has 2 aromatic rings. The molecule has 0 unspecified atom stereocenters. The molecule has 2 amide bonds. The van der Waals surface area contributed by atoms with Crippen LogP contribution in [0.15, 0.2) is 48.5 Å². The summed E-state index contributed by atoms with van der Waals surface area (Å²) in [5.74, 6) is -0.0965. The summed E-state index contributed by atoms with van der Waals surface area (Å²) in [6, 6.07) is 14.8. The monoisotopic (exact) mass is 408 g/mol. The molecule has 1 N–H and O–H groups in total. The van der Waals surface area contributed by atoms with Gasteiger partial charge in [0.15, 0.2) is 0 Å². The Morgan fingerprint density at radius 2 is 1.87 bits per heavy atom. The van der Waals surface area contributed by atoms with Gasteiger partial charge in [0.25, 0.3) is 0 Å². The van der Waals surface area contributed by atoms with Gasteiger partial charge in [-0.25, -0.2) is 4.39 Å². The van der Waals surface area contributed by atoms with Crippen LogP contribution in [0.4, 0.5) is 4.39 Å². The number of amides is 2. The first-order valence-corrected chi connectivity index (χ1v) is 10.9. The van der Waals surface area contributed by atoms with Crippen molar-refractivity contribution in [3.05, 3.63) is 59.9 Å². The van der Waals surface area contributed by atoms with E-state index in [9.17, 15) is 14.0 Å². The molecule has 1 atom stereocenters. The highest BCUT2D eigenvalue weighted by atomic mass is 19.1. The van der Waals surface area contributed by atoms with Gasteiger partial charge in [0.2, 0.25) is 11.8 Å². The number of benzene rings is 2. The Labute approximate surface area is 177 Å². The Balaban J connectivity index is 1.62. The summed E-state index contributed by atoms with van der Waals surface area (Å²) in [6.45, 7) is 3.04. The zero-order valence-corrected chi connectivity index (χ0v) is 17.5. The Hall–Kier alpha value is -2.69. The average molecular weight is 409 g/mol. The maximum Gasteiger partial charge on any atom is 0.228 e. The van der Waals surface area contributed by atoms with E-state index in [-0.39, 0.29) is 23.7 Å². The van der Waals surface area contributed by atoms with Crippen molar-refractivity contribution in [1.82, 2.24) is 10.2 Å². The van der Waals surface area contributed by atoms with Crippen molar-refractivity contribution in [3.8, 4) is 11.1 Å². The van der Waals surface area contributed by atoms with Crippen molar-refractivity contribution < 1.29 is 14.0 Å². The normalized spacial score (nSPS) is 21.3. The van der Waals surface area contributed by atoms with Crippen LogP contribution in [0.25, 0.3) is 11.1 Å². The quantitative estimate of drug-likeness (QED) is 0.773. The number of halogens is 1. The van der Waals surface area contributed by atoms with E-state index in [1.807, 2.05) is 42.2 Å². The van der Waals surface area contributed by atoms with Crippen LogP contribution < -0.4 is 5.32 Å². The smallest absolute Gasteiger partial charge is 0.228 e. The molecule has 1 saturated heterocycles. The highest BCUT2D eigenvalue weighted by Gasteiger charge is 2.44. The van der Waals surface area contributed by atoms with Crippen molar-refractivity contribution >= 4 is 11.8 Å². The molecule has 0 spiro atoms. The van der Waals surface area contributed by atoms with Crippen LogP contribution in [0.3, 0.4) is 0 Å². The second-order valence-electron chi connectivity index (χ2n) is 8.69. The zero-order valence-electron chi connectivity index (χ0n) is 17.5. The van der Waals surface area contributed by atoms with Crippen molar-refractivity contribution in [1.29, 1.82) is 0 Å². The number of carbonyl (C=O) groups is 2. The Kier molecular flexibility index (Phi) is 5.89. The number of nitrogens with one attached hydrogen (secondary N) is 1. The van der Waals surface area contributed by atoms with Crippen LogP contribution in [0.5, 0.6) is 0 Å². The number of rotatable bonds is 6. The molecule has 0 aromatic heterocycles. The van der Waals surface area contributed by atoms with Gasteiger partial charge in [-0.15, -0.1) is 0 Å². The van der Waals surface area contributed by atoms with Crippen LogP contribution in [0.1, 0.15) is 44.6 Å². The van der Waals surface area contributed by atoms with Crippen LogP contribution in [0, 0.1) is 11.2 Å². The van der Waals surface area contributed by atoms with E-state index in [0.717, 1.165) is 42.4 Å². The lowest BCUT2D eigenvalue weighted by Crippen LogP contribution is -2.54. The van der Waals surface area contributed by atoms with Gasteiger partial charge in [0.1, 0.15) is 5.82 Å². The maximum absolute atomic E-state index is 13.7. The standard InChI is InChI=1S/C25H29FN2O2/c1-2-23(29)28-13-5-12-25(17-28,24(30)27-22-10-11-22)16-18-6-3-7-19(14-18)20-8-4-9-21(26)15-20/h3-4,6-9,14-15,22H,2,5,10-13,16-17H2,1H3,(H,27,30)/t25-/m1/s1. The lowest BCUT2D eigenvalue weighted by atomic mass is 9.74. The topological polar surface area (TPSA) is 49.4 Å². The van der Waals surface area contributed by atoms with Gasteiger partial charge in [-0.2, -0.15) is 0 Å². The number of hydrogen-bond acceptors (Lipinski definition) is 2. The fourth-order valence-electron chi connectivity index (χ4n) is 4.46. The molecule has 30 heavy (non-hydrogen) atoms. The summed E-state index contributed by atoms with van der Waals surface area (Å²) in [4.78, 5) is 27.6. The van der Waals surface area contributed by atoms with Crippen LogP contribution in [-0.2, 0) is 16.0 Å².